The molecule has 0 spiro atoms. The van der Waals surface area contributed by atoms with Crippen LogP contribution in [0.5, 0.6) is 0 Å². The maximum atomic E-state index is 12.2. The molecule has 0 aliphatic heterocycles. The molecule has 4 N–H and O–H groups in total. The van der Waals surface area contributed by atoms with Crippen molar-refractivity contribution in [3.63, 3.8) is 0 Å². The van der Waals surface area contributed by atoms with Crippen LogP contribution in [0.3, 0.4) is 0 Å². The van der Waals surface area contributed by atoms with Gasteiger partial charge in [0.25, 0.3) is 0 Å². The summed E-state index contributed by atoms with van der Waals surface area (Å²) in [6, 6.07) is 18.4. The van der Waals surface area contributed by atoms with Crippen LogP contribution in [0.15, 0.2) is 72.8 Å². The Morgan fingerprint density at radius 1 is 0.923 bits per heavy atom. The summed E-state index contributed by atoms with van der Waals surface area (Å²) in [4.78, 5) is 12.2. The van der Waals surface area contributed by atoms with Gasteiger partial charge in [-0.3, -0.25) is 0 Å². The molecule has 0 unspecified atom stereocenters. The Bertz CT molecular complexity index is 661. The van der Waals surface area contributed by atoms with Crippen molar-refractivity contribution in [2.45, 2.75) is 24.4 Å². The monoisotopic (exact) mass is 358 g/mol. The van der Waals surface area contributed by atoms with Gasteiger partial charge in [-0.25, -0.2) is 4.79 Å². The summed E-state index contributed by atoms with van der Waals surface area (Å²) in [6.45, 7) is -0.708. The lowest BCUT2D eigenvalue weighted by Crippen LogP contribution is -2.38. The van der Waals surface area contributed by atoms with E-state index in [4.69, 9.17) is 9.84 Å². The number of carbonyl (C=O) groups excluding carboxylic acids is 1. The van der Waals surface area contributed by atoms with Crippen LogP contribution in [0, 0.1) is 0 Å². The summed E-state index contributed by atoms with van der Waals surface area (Å²) >= 11 is 0. The standard InChI is InChI=1S/C20H22O6/c21-13-17(23)19(25)16(22)11-12-18(24)26-20(14-7-3-1-4-8-14)15-9-5-2-6-10-15/h1-12,16-17,19-23,25H,13H2/b12-11+/t16-,17-,19+/m1/s1. The molecule has 0 radical (unpaired) electrons. The summed E-state index contributed by atoms with van der Waals surface area (Å²) in [5.41, 5.74) is 1.58. The lowest BCUT2D eigenvalue weighted by atomic mass is 10.0. The van der Waals surface area contributed by atoms with Crippen LogP contribution in [-0.4, -0.2) is 51.3 Å². The third kappa shape index (κ3) is 5.50. The Kier molecular flexibility index (Phi) is 7.50. The van der Waals surface area contributed by atoms with Crippen molar-refractivity contribution in [2.24, 2.45) is 0 Å². The first-order valence-electron chi connectivity index (χ1n) is 8.16. The van der Waals surface area contributed by atoms with Gasteiger partial charge in [0.2, 0.25) is 0 Å². The highest BCUT2D eigenvalue weighted by atomic mass is 16.5. The molecule has 6 nitrogen and oxygen atoms in total. The van der Waals surface area contributed by atoms with E-state index < -0.39 is 37.0 Å². The number of aliphatic hydroxyl groups is 4. The van der Waals surface area contributed by atoms with Crippen LogP contribution in [0.1, 0.15) is 17.2 Å². The van der Waals surface area contributed by atoms with Gasteiger partial charge in [-0.1, -0.05) is 60.7 Å². The SMILES string of the molecule is O=C(/C=C/[C@@H](O)[C@H](O)[C@H](O)CO)OC(c1ccccc1)c1ccccc1. The molecule has 0 saturated carbocycles. The van der Waals surface area contributed by atoms with Crippen molar-refractivity contribution in [1.82, 2.24) is 0 Å². The number of aliphatic hydroxyl groups excluding tert-OH is 4. The van der Waals surface area contributed by atoms with Gasteiger partial charge >= 0.3 is 5.97 Å². The van der Waals surface area contributed by atoms with E-state index in [1.54, 1.807) is 0 Å². The molecule has 0 aromatic heterocycles. The molecule has 0 aliphatic carbocycles. The molecule has 6 heteroatoms. The maximum Gasteiger partial charge on any atom is 0.331 e. The lowest BCUT2D eigenvalue weighted by Gasteiger charge is -2.19. The molecular formula is C20H22O6. The average molecular weight is 358 g/mol. The fraction of sp³-hybridized carbons (Fsp3) is 0.250. The summed E-state index contributed by atoms with van der Waals surface area (Å²) in [6.07, 6.45) is -3.26. The minimum atomic E-state index is -1.61. The zero-order chi connectivity index (χ0) is 18.9. The molecule has 0 bridgehead atoms. The van der Waals surface area contributed by atoms with Gasteiger partial charge in [-0.2, -0.15) is 0 Å². The second kappa shape index (κ2) is 9.84. The van der Waals surface area contributed by atoms with Crippen molar-refractivity contribution in [2.75, 3.05) is 6.61 Å². The molecule has 3 atom stereocenters. The third-order valence-electron chi connectivity index (χ3n) is 3.80. The fourth-order valence-corrected chi connectivity index (χ4v) is 2.37. The topological polar surface area (TPSA) is 107 Å². The van der Waals surface area contributed by atoms with E-state index in [-0.39, 0.29) is 0 Å². The number of ether oxygens (including phenoxy) is 1. The number of hydrogen-bond donors (Lipinski definition) is 4. The highest BCUT2D eigenvalue weighted by Gasteiger charge is 2.23. The summed E-state index contributed by atoms with van der Waals surface area (Å²) in [5.74, 6) is -0.715. The summed E-state index contributed by atoms with van der Waals surface area (Å²) in [5, 5.41) is 37.4. The largest absolute Gasteiger partial charge is 0.449 e. The molecule has 2 aromatic rings. The number of hydrogen-bond acceptors (Lipinski definition) is 6. The first-order chi connectivity index (χ1) is 12.5. The highest BCUT2D eigenvalue weighted by Crippen LogP contribution is 2.26. The molecular weight excluding hydrogens is 336 g/mol. The Hall–Kier alpha value is -2.51. The Morgan fingerprint density at radius 3 is 1.88 bits per heavy atom. The Balaban J connectivity index is 2.11. The van der Waals surface area contributed by atoms with E-state index >= 15 is 0 Å². The first-order valence-corrected chi connectivity index (χ1v) is 8.16. The van der Waals surface area contributed by atoms with Crippen molar-refractivity contribution < 1.29 is 30.0 Å². The maximum absolute atomic E-state index is 12.2. The zero-order valence-electron chi connectivity index (χ0n) is 14.1. The molecule has 2 aromatic carbocycles. The van der Waals surface area contributed by atoms with Gasteiger partial charge < -0.3 is 25.2 Å². The van der Waals surface area contributed by atoms with Crippen molar-refractivity contribution in [1.29, 1.82) is 0 Å². The van der Waals surface area contributed by atoms with Gasteiger partial charge in [0.1, 0.15) is 18.3 Å². The van der Waals surface area contributed by atoms with E-state index in [1.807, 2.05) is 60.7 Å². The minimum Gasteiger partial charge on any atom is -0.449 e. The van der Waals surface area contributed by atoms with Crippen molar-refractivity contribution >= 4 is 5.97 Å². The normalized spacial score (nSPS) is 15.0. The van der Waals surface area contributed by atoms with Gasteiger partial charge in [0.15, 0.2) is 6.10 Å². The second-order valence-electron chi connectivity index (χ2n) is 5.73. The van der Waals surface area contributed by atoms with E-state index in [0.29, 0.717) is 0 Å². The minimum absolute atomic E-state index is 0.625. The van der Waals surface area contributed by atoms with Gasteiger partial charge in [-0.05, 0) is 17.2 Å². The number of esters is 1. The Labute approximate surface area is 151 Å². The van der Waals surface area contributed by atoms with Crippen LogP contribution in [-0.2, 0) is 9.53 Å². The van der Waals surface area contributed by atoms with E-state index in [0.717, 1.165) is 23.3 Å². The van der Waals surface area contributed by atoms with Crippen molar-refractivity contribution in [3.05, 3.63) is 83.9 Å². The summed E-state index contributed by atoms with van der Waals surface area (Å²) < 4.78 is 5.51. The Morgan fingerprint density at radius 2 is 1.42 bits per heavy atom. The van der Waals surface area contributed by atoms with Crippen LogP contribution in [0.25, 0.3) is 0 Å². The van der Waals surface area contributed by atoms with Crippen LogP contribution >= 0.6 is 0 Å². The molecule has 2 rings (SSSR count). The predicted octanol–water partition coefficient (Wildman–Crippen LogP) is 0.950. The average Bonchev–Trinajstić information content (AvgIpc) is 2.70. The molecule has 0 amide bonds. The van der Waals surface area contributed by atoms with Gasteiger partial charge in [-0.15, -0.1) is 0 Å². The summed E-state index contributed by atoms with van der Waals surface area (Å²) in [7, 11) is 0. The molecule has 0 aliphatic rings. The second-order valence-corrected chi connectivity index (χ2v) is 5.73. The lowest BCUT2D eigenvalue weighted by molar-refractivity contribution is -0.141. The highest BCUT2D eigenvalue weighted by molar-refractivity contribution is 5.82. The molecule has 0 heterocycles. The molecule has 138 valence electrons. The number of carbonyl (C=O) groups is 1. The van der Waals surface area contributed by atoms with E-state index in [9.17, 15) is 20.1 Å². The van der Waals surface area contributed by atoms with Crippen LogP contribution in [0.4, 0.5) is 0 Å². The van der Waals surface area contributed by atoms with E-state index in [2.05, 4.69) is 0 Å². The van der Waals surface area contributed by atoms with Crippen molar-refractivity contribution in [3.8, 4) is 0 Å². The smallest absolute Gasteiger partial charge is 0.331 e. The van der Waals surface area contributed by atoms with Crippen LogP contribution in [0.2, 0.25) is 0 Å². The molecule has 0 saturated heterocycles. The van der Waals surface area contributed by atoms with Gasteiger partial charge in [0, 0.05) is 6.08 Å². The van der Waals surface area contributed by atoms with Crippen LogP contribution < -0.4 is 0 Å². The third-order valence-corrected chi connectivity index (χ3v) is 3.80. The first kappa shape index (κ1) is 19.8. The zero-order valence-corrected chi connectivity index (χ0v) is 14.1. The molecule has 26 heavy (non-hydrogen) atoms. The van der Waals surface area contributed by atoms with E-state index in [1.165, 1.54) is 0 Å². The molecule has 0 fully saturated rings. The number of benzene rings is 2. The predicted molar refractivity (Wildman–Crippen MR) is 95.1 cm³/mol. The van der Waals surface area contributed by atoms with Gasteiger partial charge in [0.05, 0.1) is 6.61 Å². The fourth-order valence-electron chi connectivity index (χ4n) is 2.37. The quantitative estimate of drug-likeness (QED) is 0.413. The number of rotatable bonds is 8.